The molecule has 0 spiro atoms. The number of unbranched alkanes of at least 4 members (excludes halogenated alkanes) is 1. The smallest absolute Gasteiger partial charge is 0.257 e. The van der Waals surface area contributed by atoms with Crippen LogP contribution in [0.15, 0.2) is 220 Å². The number of hydrogen-bond donors (Lipinski definition) is 7. The van der Waals surface area contributed by atoms with Gasteiger partial charge < -0.3 is 74.2 Å². The van der Waals surface area contributed by atoms with Gasteiger partial charge in [-0.3, -0.25) is 44.4 Å². The average Bonchev–Trinajstić information content (AvgIpc) is 1.59. The summed E-state index contributed by atoms with van der Waals surface area (Å²) >= 11 is 0. The fourth-order valence-electron chi connectivity index (χ4n) is 15.2. The molecule has 16 rings (SSSR count). The van der Waals surface area contributed by atoms with E-state index in [0.29, 0.717) is 102 Å². The van der Waals surface area contributed by atoms with E-state index in [2.05, 4.69) is 140 Å². The summed E-state index contributed by atoms with van der Waals surface area (Å²) in [5.41, 5.74) is 19.6. The highest BCUT2D eigenvalue weighted by atomic mass is 19.3. The van der Waals surface area contributed by atoms with Crippen LogP contribution >= 0.6 is 0 Å². The molecule has 0 unspecified atom stereocenters. The summed E-state index contributed by atoms with van der Waals surface area (Å²) in [6.45, 7) is 18.0. The number of fused-ring (bicyclic) bond motifs is 4. The maximum atomic E-state index is 13.3. The van der Waals surface area contributed by atoms with E-state index in [1.54, 1.807) is 125 Å². The summed E-state index contributed by atoms with van der Waals surface area (Å²) in [6.07, 6.45) is 24.3. The molecule has 0 amide bonds. The number of benzene rings is 8. The topological polar surface area (TPSA) is 344 Å². The fourth-order valence-corrected chi connectivity index (χ4v) is 15.2. The number of rotatable bonds is 40. The summed E-state index contributed by atoms with van der Waals surface area (Å²) in [4.78, 5) is 48.4. The minimum absolute atomic E-state index is 0.0610. The van der Waals surface area contributed by atoms with Crippen molar-refractivity contribution in [2.75, 3.05) is 134 Å². The first kappa shape index (κ1) is 99.6. The third-order valence-electron chi connectivity index (χ3n) is 22.2. The standard InChI is InChI=1S/C29H38N6O2.C25H28F2N6O2.C24H26F2N6O2.C23H26N6O2/c1-7-8-11-34(21(2)3)12-13-35(24-14-25(36-5)17-26(15-24)37-6)23-9-10-27-28(16-23)32-29(19-30-27)22-18-31-33(4)20-22;1-25(26,27)16-28-7-8-33(19-9-20(34-3)12-21(10-19)35-4)18-5-6-22-23(11-18)31-24(14-29-22)17-13-30-32(2)15-17;1-24(25,26)15-27-6-3-7-32(18-8-19(33)11-20(9-18)34-2)17-4-5-21-22(10-17)31-23(14-28-21)16-12-29-30-13-16;1-15(2)24-6-7-29(18-8-19(30)11-20(9-18)31-3)17-4-5-21-22(10-17)28-23(14-25-21)16-12-26-27-13-16/h9-10,14-21H,7-8,11-13H2,1-6H3;5-6,9-15,28H,7-8,16H2,1-4H3;4-5,8-14,27,33H,3,6-7,15H2,1-2H3,(H,29,30);4-5,8-15,24,30H,6-7H2,1-3H3,(H,26,27). The van der Waals surface area contributed by atoms with Gasteiger partial charge in [0.05, 0.1) is 172 Å². The first-order valence-electron chi connectivity index (χ1n) is 45.0. The molecule has 137 heavy (non-hydrogen) atoms. The van der Waals surface area contributed by atoms with E-state index in [-0.39, 0.29) is 18.0 Å². The Morgan fingerprint density at radius 2 is 0.715 bits per heavy atom. The molecule has 0 atom stereocenters. The molecule has 16 aromatic rings. The first-order valence-corrected chi connectivity index (χ1v) is 45.0. The van der Waals surface area contributed by atoms with Gasteiger partial charge in [-0.1, -0.05) is 27.2 Å². The summed E-state index contributed by atoms with van der Waals surface area (Å²) in [6, 6.07) is 46.3. The normalized spacial score (nSPS) is 11.5. The Morgan fingerprint density at radius 1 is 0.372 bits per heavy atom. The number of aryl methyl sites for hydroxylation is 2. The molecule has 0 saturated carbocycles. The maximum Gasteiger partial charge on any atom is 0.257 e. The van der Waals surface area contributed by atoms with Crippen molar-refractivity contribution in [1.82, 2.24) is 101 Å². The third kappa shape index (κ3) is 27.7. The second kappa shape index (κ2) is 46.9. The van der Waals surface area contributed by atoms with E-state index in [9.17, 15) is 27.8 Å². The van der Waals surface area contributed by atoms with E-state index in [0.717, 1.165) is 158 Å². The van der Waals surface area contributed by atoms with Gasteiger partial charge in [0.1, 0.15) is 46.0 Å². The molecular formula is C101H118F4N24O8. The molecule has 8 heterocycles. The van der Waals surface area contributed by atoms with Gasteiger partial charge in [-0.2, -0.15) is 20.4 Å². The molecule has 8 aromatic heterocycles. The number of hydrogen-bond acceptors (Lipinski definition) is 28. The Labute approximate surface area is 793 Å². The third-order valence-corrected chi connectivity index (χ3v) is 22.2. The van der Waals surface area contributed by atoms with Crippen LogP contribution in [0.2, 0.25) is 0 Å². The van der Waals surface area contributed by atoms with Gasteiger partial charge in [0, 0.05) is 251 Å². The molecule has 8 aromatic carbocycles. The lowest BCUT2D eigenvalue weighted by molar-refractivity contribution is 0.0223. The highest BCUT2D eigenvalue weighted by molar-refractivity contribution is 5.87. The maximum absolute atomic E-state index is 13.3. The molecular weight excluding hydrogens is 1750 g/mol. The largest absolute Gasteiger partial charge is 0.508 e. The molecule has 0 fully saturated rings. The van der Waals surface area contributed by atoms with Crippen molar-refractivity contribution in [2.45, 2.75) is 91.7 Å². The fraction of sp³-hybridized carbons (Fsp3) is 0.327. The number of aromatic amines is 2. The number of phenols is 2. The summed E-state index contributed by atoms with van der Waals surface area (Å²) in [5.74, 6) is -1.48. The van der Waals surface area contributed by atoms with Crippen molar-refractivity contribution in [1.29, 1.82) is 0 Å². The van der Waals surface area contributed by atoms with Crippen LogP contribution in [0.3, 0.4) is 0 Å². The summed E-state index contributed by atoms with van der Waals surface area (Å²) < 4.78 is 89.1. The van der Waals surface area contributed by atoms with Crippen LogP contribution in [0.1, 0.15) is 67.7 Å². The number of methoxy groups -OCH3 is 6. The predicted octanol–water partition coefficient (Wildman–Crippen LogP) is 18.5. The van der Waals surface area contributed by atoms with Gasteiger partial charge in [0.2, 0.25) is 0 Å². The second-order valence-electron chi connectivity index (χ2n) is 33.5. The highest BCUT2D eigenvalue weighted by Crippen LogP contribution is 2.40. The number of aromatic nitrogens is 16. The lowest BCUT2D eigenvalue weighted by atomic mass is 10.1. The van der Waals surface area contributed by atoms with Crippen molar-refractivity contribution in [3.63, 3.8) is 0 Å². The van der Waals surface area contributed by atoms with Crippen LogP contribution in [-0.4, -0.2) is 234 Å². The minimum Gasteiger partial charge on any atom is -0.508 e. The first-order chi connectivity index (χ1) is 66.0. The average molecular weight is 1870 g/mol. The zero-order chi connectivity index (χ0) is 97.3. The zero-order valence-corrected chi connectivity index (χ0v) is 79.7. The van der Waals surface area contributed by atoms with E-state index in [1.165, 1.54) is 26.0 Å². The van der Waals surface area contributed by atoms with Crippen molar-refractivity contribution in [3.8, 4) is 91.0 Å². The Kier molecular flexibility index (Phi) is 34.1. The monoisotopic (exact) mass is 1870 g/mol. The predicted molar refractivity (Wildman–Crippen MR) is 531 cm³/mol. The number of phenolic OH excluding ortho intramolecular Hbond substituents is 2. The van der Waals surface area contributed by atoms with Crippen LogP contribution in [0.25, 0.3) is 89.2 Å². The van der Waals surface area contributed by atoms with Gasteiger partial charge in [-0.15, -0.1) is 0 Å². The van der Waals surface area contributed by atoms with E-state index >= 15 is 0 Å². The number of H-pyrrole nitrogens is 2. The number of ether oxygens (including phenoxy) is 6. The number of alkyl halides is 4. The Hall–Kier alpha value is -14.9. The molecule has 0 aliphatic rings. The molecule has 0 aliphatic carbocycles. The van der Waals surface area contributed by atoms with Gasteiger partial charge in [-0.25, -0.2) is 37.5 Å². The van der Waals surface area contributed by atoms with Crippen molar-refractivity contribution in [2.24, 2.45) is 14.1 Å². The Morgan fingerprint density at radius 3 is 1.04 bits per heavy atom. The molecule has 36 heteroatoms. The molecule has 32 nitrogen and oxygen atoms in total. The van der Waals surface area contributed by atoms with Crippen molar-refractivity contribution in [3.05, 3.63) is 220 Å². The lowest BCUT2D eigenvalue weighted by Crippen LogP contribution is -2.38. The van der Waals surface area contributed by atoms with E-state index in [1.807, 2.05) is 133 Å². The number of halogens is 4. The van der Waals surface area contributed by atoms with Crippen molar-refractivity contribution >= 4 is 89.6 Å². The molecule has 718 valence electrons. The SMILES string of the molecule is CCCCN(CCN(c1cc(OC)cc(OC)c1)c1ccc2ncc(-c3cnn(C)c3)nc2c1)C(C)C.COc1cc(O)cc(N(CCCNCC(C)(F)F)c2ccc3ncc(-c4cn[nH]c4)nc3c2)c1.COc1cc(O)cc(N(CCNC(C)C)c2ccc3ncc(-c4cn[nH]c4)nc3c2)c1.COc1cc(OC)cc(N(CCNCC(C)(F)F)c2ccc3ncc(-c4cnn(C)c4)nc3c2)c1. The Balaban J connectivity index is 0.000000155. The van der Waals surface area contributed by atoms with Crippen LogP contribution in [-0.2, 0) is 14.1 Å². The van der Waals surface area contributed by atoms with Crippen molar-refractivity contribution < 1.29 is 56.2 Å². The van der Waals surface area contributed by atoms with Crippen LogP contribution in [0.5, 0.6) is 46.0 Å². The van der Waals surface area contributed by atoms with Gasteiger partial charge in [-0.05, 0) is 113 Å². The number of nitrogens with one attached hydrogen (secondary N) is 5. The van der Waals surface area contributed by atoms with Crippen LogP contribution in [0.4, 0.5) is 63.1 Å². The minimum atomic E-state index is -2.79. The molecule has 0 aliphatic heterocycles. The quantitative estimate of drug-likeness (QED) is 0.0139. The highest BCUT2D eigenvalue weighted by Gasteiger charge is 2.25. The number of nitrogens with zero attached hydrogens (tertiary/aromatic N) is 19. The molecule has 7 N–H and O–H groups in total. The second-order valence-corrected chi connectivity index (χ2v) is 33.5. The molecule has 0 radical (unpaired) electrons. The number of anilines is 8. The van der Waals surface area contributed by atoms with E-state index < -0.39 is 18.4 Å². The van der Waals surface area contributed by atoms with Gasteiger partial charge in [0.25, 0.3) is 11.8 Å². The lowest BCUT2D eigenvalue weighted by Gasteiger charge is -2.32. The van der Waals surface area contributed by atoms with E-state index in [4.69, 9.17) is 48.4 Å². The zero-order valence-electron chi connectivity index (χ0n) is 79.7. The summed E-state index contributed by atoms with van der Waals surface area (Å²) in [7, 11) is 13.4. The Bertz CT molecular complexity index is 6560. The summed E-state index contributed by atoms with van der Waals surface area (Å²) in [5, 5.41) is 51.5. The van der Waals surface area contributed by atoms with Gasteiger partial charge >= 0.3 is 0 Å². The van der Waals surface area contributed by atoms with Gasteiger partial charge in [0.15, 0.2) is 0 Å². The van der Waals surface area contributed by atoms with Crippen LogP contribution < -0.4 is 64.0 Å². The number of aromatic hydroxyl groups is 2. The molecule has 0 saturated heterocycles. The molecule has 0 bridgehead atoms. The van der Waals surface area contributed by atoms with Crippen LogP contribution in [0, 0.1) is 0 Å².